The monoisotopic (exact) mass is 293 g/mol. The molecule has 0 radical (unpaired) electrons. The summed E-state index contributed by atoms with van der Waals surface area (Å²) in [7, 11) is 0. The zero-order valence-corrected chi connectivity index (χ0v) is 9.07. The van der Waals surface area contributed by atoms with Crippen LogP contribution in [-0.4, -0.2) is 21.2 Å². The zero-order valence-electron chi connectivity index (χ0n) is 6.91. The normalized spacial score (nSPS) is 10.1. The molecule has 0 aliphatic heterocycles. The van der Waals surface area contributed by atoms with E-state index in [-0.39, 0.29) is 12.2 Å². The number of pyridine rings is 1. The molecule has 5 heteroatoms. The highest BCUT2D eigenvalue weighted by Gasteiger charge is 2.11. The van der Waals surface area contributed by atoms with Crippen LogP contribution in [0.4, 0.5) is 0 Å². The van der Waals surface area contributed by atoms with Crippen molar-refractivity contribution in [3.63, 3.8) is 0 Å². The SMILES string of the molecule is Cc1c(C(=O)O)cc(CO)nc1I. The lowest BCUT2D eigenvalue weighted by Gasteiger charge is -2.04. The van der Waals surface area contributed by atoms with E-state index in [1.165, 1.54) is 6.07 Å². The second-order valence-electron chi connectivity index (χ2n) is 2.54. The fourth-order valence-electron chi connectivity index (χ4n) is 0.931. The standard InChI is InChI=1S/C8H8INO3/c1-4-6(8(12)13)2-5(3-11)10-7(4)9/h2,11H,3H2,1H3,(H,12,13). The molecule has 1 rings (SSSR count). The van der Waals surface area contributed by atoms with Gasteiger partial charge < -0.3 is 10.2 Å². The number of nitrogens with zero attached hydrogens (tertiary/aromatic N) is 1. The Balaban J connectivity index is 3.33. The number of hydrogen-bond donors (Lipinski definition) is 2. The van der Waals surface area contributed by atoms with Crippen LogP contribution in [0.5, 0.6) is 0 Å². The molecule has 4 nitrogen and oxygen atoms in total. The van der Waals surface area contributed by atoms with E-state index in [2.05, 4.69) is 4.98 Å². The van der Waals surface area contributed by atoms with Crippen molar-refractivity contribution < 1.29 is 15.0 Å². The molecule has 0 saturated carbocycles. The molecule has 0 aliphatic rings. The first-order chi connectivity index (χ1) is 6.06. The van der Waals surface area contributed by atoms with Crippen molar-refractivity contribution in [3.8, 4) is 0 Å². The summed E-state index contributed by atoms with van der Waals surface area (Å²) in [5, 5.41) is 17.6. The summed E-state index contributed by atoms with van der Waals surface area (Å²) in [5.41, 5.74) is 1.21. The minimum atomic E-state index is -0.993. The number of aromatic carboxylic acids is 1. The van der Waals surface area contributed by atoms with Crippen LogP contribution < -0.4 is 0 Å². The van der Waals surface area contributed by atoms with E-state index in [4.69, 9.17) is 10.2 Å². The van der Waals surface area contributed by atoms with Crippen LogP contribution in [0.2, 0.25) is 0 Å². The van der Waals surface area contributed by atoms with Gasteiger partial charge in [0.1, 0.15) is 3.70 Å². The molecule has 13 heavy (non-hydrogen) atoms. The topological polar surface area (TPSA) is 70.4 Å². The average Bonchev–Trinajstić information content (AvgIpc) is 2.09. The summed E-state index contributed by atoms with van der Waals surface area (Å²) < 4.78 is 0.613. The van der Waals surface area contributed by atoms with E-state index < -0.39 is 5.97 Å². The van der Waals surface area contributed by atoms with Gasteiger partial charge in [0.05, 0.1) is 17.9 Å². The summed E-state index contributed by atoms with van der Waals surface area (Å²) in [6, 6.07) is 1.39. The Morgan fingerprint density at radius 2 is 2.31 bits per heavy atom. The van der Waals surface area contributed by atoms with Gasteiger partial charge in [0.15, 0.2) is 0 Å². The third kappa shape index (κ3) is 2.16. The highest BCUT2D eigenvalue weighted by atomic mass is 127. The van der Waals surface area contributed by atoms with Gasteiger partial charge in [-0.15, -0.1) is 0 Å². The average molecular weight is 293 g/mol. The second-order valence-corrected chi connectivity index (χ2v) is 3.56. The van der Waals surface area contributed by atoms with Crippen molar-refractivity contribution in [2.45, 2.75) is 13.5 Å². The molecular formula is C8H8INO3. The molecule has 70 valence electrons. The summed E-state index contributed by atoms with van der Waals surface area (Å²) in [5.74, 6) is -0.993. The van der Waals surface area contributed by atoms with Gasteiger partial charge in [-0.05, 0) is 41.1 Å². The van der Waals surface area contributed by atoms with E-state index >= 15 is 0 Å². The quantitative estimate of drug-likeness (QED) is 0.634. The molecule has 0 saturated heterocycles. The lowest BCUT2D eigenvalue weighted by molar-refractivity contribution is 0.0695. The lowest BCUT2D eigenvalue weighted by Crippen LogP contribution is -2.05. The number of halogens is 1. The zero-order chi connectivity index (χ0) is 10.0. The maximum atomic E-state index is 10.7. The Morgan fingerprint density at radius 1 is 1.69 bits per heavy atom. The fourth-order valence-corrected chi connectivity index (χ4v) is 1.53. The van der Waals surface area contributed by atoms with E-state index in [9.17, 15) is 4.79 Å². The third-order valence-corrected chi connectivity index (χ3v) is 2.71. The number of rotatable bonds is 2. The van der Waals surface area contributed by atoms with E-state index in [1.807, 2.05) is 22.6 Å². The molecule has 0 fully saturated rings. The minimum absolute atomic E-state index is 0.198. The van der Waals surface area contributed by atoms with Gasteiger partial charge in [0.2, 0.25) is 0 Å². The molecule has 2 N–H and O–H groups in total. The molecule has 0 aromatic carbocycles. The summed E-state index contributed by atoms with van der Waals surface area (Å²) in [6.07, 6.45) is 0. The number of carboxylic acid groups (broad SMARTS) is 1. The molecule has 0 atom stereocenters. The maximum Gasteiger partial charge on any atom is 0.336 e. The third-order valence-electron chi connectivity index (χ3n) is 1.66. The highest BCUT2D eigenvalue weighted by Crippen LogP contribution is 2.15. The van der Waals surface area contributed by atoms with Crippen molar-refractivity contribution in [2.75, 3.05) is 0 Å². The van der Waals surface area contributed by atoms with Crippen LogP contribution in [0, 0.1) is 10.6 Å². The van der Waals surface area contributed by atoms with Crippen molar-refractivity contribution >= 4 is 28.6 Å². The summed E-state index contributed by atoms with van der Waals surface area (Å²) >= 11 is 1.95. The Kier molecular flexibility index (Phi) is 3.21. The maximum absolute atomic E-state index is 10.7. The lowest BCUT2D eigenvalue weighted by atomic mass is 10.1. The highest BCUT2D eigenvalue weighted by molar-refractivity contribution is 14.1. The Labute approximate surface area is 88.8 Å². The van der Waals surface area contributed by atoms with Gasteiger partial charge in [0, 0.05) is 0 Å². The van der Waals surface area contributed by atoms with E-state index in [1.54, 1.807) is 6.92 Å². The van der Waals surface area contributed by atoms with Crippen LogP contribution in [0.15, 0.2) is 6.07 Å². The van der Waals surface area contributed by atoms with Crippen molar-refractivity contribution in [1.82, 2.24) is 4.98 Å². The van der Waals surface area contributed by atoms with Crippen LogP contribution in [0.3, 0.4) is 0 Å². The predicted octanol–water partition coefficient (Wildman–Crippen LogP) is 1.19. The first kappa shape index (κ1) is 10.4. The number of hydrogen-bond acceptors (Lipinski definition) is 3. The minimum Gasteiger partial charge on any atom is -0.478 e. The fraction of sp³-hybridized carbons (Fsp3) is 0.250. The molecular weight excluding hydrogens is 285 g/mol. The Hall–Kier alpha value is -0.690. The molecule has 0 unspecified atom stereocenters. The number of aromatic nitrogens is 1. The van der Waals surface area contributed by atoms with Gasteiger partial charge in [-0.1, -0.05) is 0 Å². The second kappa shape index (κ2) is 4.01. The van der Waals surface area contributed by atoms with Crippen LogP contribution >= 0.6 is 22.6 Å². The van der Waals surface area contributed by atoms with E-state index in [0.29, 0.717) is 15.0 Å². The Morgan fingerprint density at radius 3 is 2.77 bits per heavy atom. The molecule has 1 aromatic heterocycles. The number of aliphatic hydroxyl groups is 1. The van der Waals surface area contributed by atoms with Gasteiger partial charge in [-0.2, -0.15) is 0 Å². The van der Waals surface area contributed by atoms with Crippen molar-refractivity contribution in [1.29, 1.82) is 0 Å². The smallest absolute Gasteiger partial charge is 0.336 e. The summed E-state index contributed by atoms with van der Waals surface area (Å²) in [6.45, 7) is 1.45. The van der Waals surface area contributed by atoms with Gasteiger partial charge >= 0.3 is 5.97 Å². The number of carbonyl (C=O) groups is 1. The Bertz CT molecular complexity index is 351. The van der Waals surface area contributed by atoms with Gasteiger partial charge in [-0.3, -0.25) is 0 Å². The van der Waals surface area contributed by atoms with Crippen LogP contribution in [-0.2, 0) is 6.61 Å². The number of carboxylic acids is 1. The molecule has 0 aliphatic carbocycles. The first-order valence-electron chi connectivity index (χ1n) is 3.56. The van der Waals surface area contributed by atoms with Crippen LogP contribution in [0.25, 0.3) is 0 Å². The molecule has 0 bridgehead atoms. The van der Waals surface area contributed by atoms with Gasteiger partial charge in [0.25, 0.3) is 0 Å². The number of aliphatic hydroxyl groups excluding tert-OH is 1. The van der Waals surface area contributed by atoms with Crippen molar-refractivity contribution in [3.05, 3.63) is 26.6 Å². The van der Waals surface area contributed by atoms with E-state index in [0.717, 1.165) is 0 Å². The van der Waals surface area contributed by atoms with Crippen molar-refractivity contribution in [2.24, 2.45) is 0 Å². The molecule has 1 heterocycles. The largest absolute Gasteiger partial charge is 0.478 e. The van der Waals surface area contributed by atoms with Crippen LogP contribution in [0.1, 0.15) is 21.6 Å². The predicted molar refractivity (Wildman–Crippen MR) is 54.6 cm³/mol. The molecule has 1 aromatic rings. The van der Waals surface area contributed by atoms with Gasteiger partial charge in [-0.25, -0.2) is 9.78 Å². The molecule has 0 spiro atoms. The first-order valence-corrected chi connectivity index (χ1v) is 4.64. The summed E-state index contributed by atoms with van der Waals surface area (Å²) in [4.78, 5) is 14.7. The molecule has 0 amide bonds.